The second-order valence-electron chi connectivity index (χ2n) is 6.00. The zero-order chi connectivity index (χ0) is 19.4. The van der Waals surface area contributed by atoms with Crippen molar-refractivity contribution in [1.82, 2.24) is 14.8 Å². The van der Waals surface area contributed by atoms with E-state index in [9.17, 15) is 4.79 Å². The number of carbonyl (C=O) groups excluding carboxylic acids is 1. The third-order valence-electron chi connectivity index (χ3n) is 4.40. The van der Waals surface area contributed by atoms with Crippen molar-refractivity contribution in [3.8, 4) is 11.5 Å². The van der Waals surface area contributed by atoms with E-state index in [1.807, 2.05) is 18.2 Å². The number of carbonyl (C=O) groups is 1. The molecule has 0 bridgehead atoms. The fraction of sp³-hybridized carbons (Fsp3) is 0.421. The zero-order valence-corrected chi connectivity index (χ0v) is 16.0. The van der Waals surface area contributed by atoms with Crippen molar-refractivity contribution in [2.45, 2.75) is 32.7 Å². The number of rotatable bonds is 7. The first-order chi connectivity index (χ1) is 13.2. The molecule has 0 saturated heterocycles. The number of benzene rings is 1. The van der Waals surface area contributed by atoms with Crippen molar-refractivity contribution in [1.29, 1.82) is 0 Å². The molecule has 27 heavy (non-hydrogen) atoms. The van der Waals surface area contributed by atoms with Crippen LogP contribution in [0.1, 0.15) is 38.3 Å². The normalized spacial score (nSPS) is 15.8. The van der Waals surface area contributed by atoms with Crippen LogP contribution in [0.4, 0.5) is 5.95 Å². The minimum atomic E-state index is -0.533. The van der Waals surface area contributed by atoms with Crippen LogP contribution in [0.25, 0.3) is 0 Å². The molecule has 1 atom stereocenters. The first-order valence-corrected chi connectivity index (χ1v) is 8.93. The average molecular weight is 372 g/mol. The third-order valence-corrected chi connectivity index (χ3v) is 4.40. The molecule has 0 fully saturated rings. The minimum Gasteiger partial charge on any atom is -0.493 e. The quantitative estimate of drug-likeness (QED) is 0.748. The molecule has 0 amide bonds. The number of nitrogens with zero attached hydrogens (tertiary/aromatic N) is 3. The van der Waals surface area contributed by atoms with Crippen LogP contribution in [-0.4, -0.2) is 41.6 Å². The van der Waals surface area contributed by atoms with Crippen LogP contribution in [0.5, 0.6) is 11.5 Å². The molecule has 0 saturated carbocycles. The number of ether oxygens (including phenoxy) is 3. The Labute approximate surface area is 158 Å². The summed E-state index contributed by atoms with van der Waals surface area (Å²) < 4.78 is 18.1. The van der Waals surface area contributed by atoms with Gasteiger partial charge in [0.1, 0.15) is 12.4 Å². The van der Waals surface area contributed by atoms with Gasteiger partial charge in [-0.2, -0.15) is 10.1 Å². The van der Waals surface area contributed by atoms with Crippen LogP contribution in [-0.2, 0) is 9.53 Å². The number of para-hydroxylation sites is 1. The van der Waals surface area contributed by atoms with Gasteiger partial charge in [0.05, 0.1) is 26.4 Å². The van der Waals surface area contributed by atoms with E-state index in [1.54, 1.807) is 25.8 Å². The van der Waals surface area contributed by atoms with Crippen molar-refractivity contribution < 1.29 is 19.0 Å². The van der Waals surface area contributed by atoms with E-state index in [0.717, 1.165) is 17.7 Å². The number of anilines is 1. The molecule has 8 heteroatoms. The van der Waals surface area contributed by atoms with Gasteiger partial charge in [0.2, 0.25) is 5.95 Å². The molecule has 3 rings (SSSR count). The highest BCUT2D eigenvalue weighted by Crippen LogP contribution is 2.43. The molecule has 2 aromatic rings. The highest BCUT2D eigenvalue weighted by molar-refractivity contribution is 5.92. The fourth-order valence-corrected chi connectivity index (χ4v) is 3.32. The zero-order valence-electron chi connectivity index (χ0n) is 16.0. The maximum Gasteiger partial charge on any atom is 0.338 e. The summed E-state index contributed by atoms with van der Waals surface area (Å²) in [5.74, 6) is 1.31. The summed E-state index contributed by atoms with van der Waals surface area (Å²) in [4.78, 5) is 17.2. The Morgan fingerprint density at radius 2 is 2.07 bits per heavy atom. The molecule has 0 unspecified atom stereocenters. The predicted octanol–water partition coefficient (Wildman–Crippen LogP) is 2.93. The summed E-state index contributed by atoms with van der Waals surface area (Å²) in [6.07, 6.45) is 3.00. The first kappa shape index (κ1) is 18.8. The number of methoxy groups -OCH3 is 2. The van der Waals surface area contributed by atoms with Gasteiger partial charge < -0.3 is 19.5 Å². The van der Waals surface area contributed by atoms with E-state index in [1.165, 1.54) is 6.33 Å². The SMILES string of the molecule is CCCC1=C(C(=O)OCC)[C@H](c2cccc(OC)c2OC)n2ncnc2N1. The van der Waals surface area contributed by atoms with E-state index in [2.05, 4.69) is 22.3 Å². The van der Waals surface area contributed by atoms with E-state index in [0.29, 0.717) is 29.4 Å². The van der Waals surface area contributed by atoms with Gasteiger partial charge in [0.25, 0.3) is 0 Å². The van der Waals surface area contributed by atoms with Gasteiger partial charge in [0.15, 0.2) is 11.5 Å². The maximum absolute atomic E-state index is 12.9. The molecule has 1 aromatic carbocycles. The number of nitrogens with one attached hydrogen (secondary N) is 1. The highest BCUT2D eigenvalue weighted by atomic mass is 16.5. The molecule has 1 aliphatic heterocycles. The van der Waals surface area contributed by atoms with Gasteiger partial charge in [-0.05, 0) is 19.4 Å². The Bertz CT molecular complexity index is 859. The number of esters is 1. The van der Waals surface area contributed by atoms with Crippen molar-refractivity contribution in [3.05, 3.63) is 41.4 Å². The number of hydrogen-bond acceptors (Lipinski definition) is 7. The lowest BCUT2D eigenvalue weighted by Gasteiger charge is -2.30. The molecule has 144 valence electrons. The number of fused-ring (bicyclic) bond motifs is 1. The smallest absolute Gasteiger partial charge is 0.338 e. The molecule has 0 aliphatic carbocycles. The number of allylic oxidation sites excluding steroid dienone is 1. The molecule has 1 aromatic heterocycles. The topological polar surface area (TPSA) is 87.5 Å². The van der Waals surface area contributed by atoms with Gasteiger partial charge in [-0.15, -0.1) is 0 Å². The first-order valence-electron chi connectivity index (χ1n) is 8.93. The summed E-state index contributed by atoms with van der Waals surface area (Å²) in [5, 5.41) is 7.57. The molecular weight excluding hydrogens is 348 g/mol. The van der Waals surface area contributed by atoms with Crippen LogP contribution in [0.2, 0.25) is 0 Å². The molecule has 2 heterocycles. The van der Waals surface area contributed by atoms with Crippen molar-refractivity contribution in [3.63, 3.8) is 0 Å². The van der Waals surface area contributed by atoms with Crippen LogP contribution in [0.15, 0.2) is 35.8 Å². The third kappa shape index (κ3) is 3.34. The minimum absolute atomic E-state index is 0.286. The Kier molecular flexibility index (Phi) is 5.63. The molecule has 8 nitrogen and oxygen atoms in total. The number of hydrogen-bond donors (Lipinski definition) is 1. The van der Waals surface area contributed by atoms with Gasteiger partial charge in [-0.25, -0.2) is 9.48 Å². The van der Waals surface area contributed by atoms with E-state index in [-0.39, 0.29) is 12.6 Å². The fourth-order valence-electron chi connectivity index (χ4n) is 3.32. The Hall–Kier alpha value is -3.03. The maximum atomic E-state index is 12.9. The number of aromatic nitrogens is 3. The monoisotopic (exact) mass is 372 g/mol. The van der Waals surface area contributed by atoms with Gasteiger partial charge in [-0.1, -0.05) is 25.5 Å². The Balaban J connectivity index is 2.25. The van der Waals surface area contributed by atoms with Crippen LogP contribution in [0, 0.1) is 0 Å². The van der Waals surface area contributed by atoms with Crippen LogP contribution >= 0.6 is 0 Å². The Morgan fingerprint density at radius 3 is 2.74 bits per heavy atom. The summed E-state index contributed by atoms with van der Waals surface area (Å²) in [7, 11) is 3.15. The summed E-state index contributed by atoms with van der Waals surface area (Å²) in [5.41, 5.74) is 2.04. The predicted molar refractivity (Wildman–Crippen MR) is 99.9 cm³/mol. The largest absolute Gasteiger partial charge is 0.493 e. The highest BCUT2D eigenvalue weighted by Gasteiger charge is 2.37. The average Bonchev–Trinajstić information content (AvgIpc) is 3.14. The molecule has 1 N–H and O–H groups in total. The second-order valence-corrected chi connectivity index (χ2v) is 6.00. The van der Waals surface area contributed by atoms with E-state index >= 15 is 0 Å². The summed E-state index contributed by atoms with van der Waals surface area (Å²) in [6.45, 7) is 4.13. The lowest BCUT2D eigenvalue weighted by molar-refractivity contribution is -0.139. The second kappa shape index (κ2) is 8.11. The lowest BCUT2D eigenvalue weighted by atomic mass is 9.93. The summed E-state index contributed by atoms with van der Waals surface area (Å²) in [6, 6.07) is 5.03. The van der Waals surface area contributed by atoms with Gasteiger partial charge in [0, 0.05) is 11.3 Å². The molecule has 1 aliphatic rings. The molecule has 0 radical (unpaired) electrons. The van der Waals surface area contributed by atoms with E-state index < -0.39 is 6.04 Å². The van der Waals surface area contributed by atoms with Gasteiger partial charge in [-0.3, -0.25) is 0 Å². The van der Waals surface area contributed by atoms with Crippen LogP contribution < -0.4 is 14.8 Å². The van der Waals surface area contributed by atoms with Crippen molar-refractivity contribution in [2.75, 3.05) is 26.1 Å². The van der Waals surface area contributed by atoms with Crippen LogP contribution in [0.3, 0.4) is 0 Å². The van der Waals surface area contributed by atoms with E-state index in [4.69, 9.17) is 14.2 Å². The Morgan fingerprint density at radius 1 is 1.26 bits per heavy atom. The molecule has 0 spiro atoms. The van der Waals surface area contributed by atoms with Crippen molar-refractivity contribution in [2.24, 2.45) is 0 Å². The summed E-state index contributed by atoms with van der Waals surface area (Å²) >= 11 is 0. The standard InChI is InChI=1S/C19H24N4O4/c1-5-8-13-15(18(24)27-6-2)16(23-19(22-13)20-11-21-23)12-9-7-10-14(25-3)17(12)26-4/h7,9-11,16H,5-6,8H2,1-4H3,(H,20,21,22)/t16-/m0/s1. The van der Waals surface area contributed by atoms with Gasteiger partial charge >= 0.3 is 5.97 Å². The van der Waals surface area contributed by atoms with Crippen molar-refractivity contribution >= 4 is 11.9 Å². The lowest BCUT2D eigenvalue weighted by Crippen LogP contribution is -2.30. The molecular formula is C19H24N4O4.